The Morgan fingerprint density at radius 3 is 2.64 bits per heavy atom. The van der Waals surface area contributed by atoms with Gasteiger partial charge in [-0.15, -0.1) is 0 Å². The van der Waals surface area contributed by atoms with Gasteiger partial charge in [-0.05, 0) is 19.1 Å². The van der Waals surface area contributed by atoms with E-state index in [0.717, 1.165) is 16.0 Å². The van der Waals surface area contributed by atoms with Gasteiger partial charge in [-0.2, -0.15) is 0 Å². The van der Waals surface area contributed by atoms with Gasteiger partial charge < -0.3 is 14.6 Å². The zero-order valence-electron chi connectivity index (χ0n) is 14.7. The average molecular weight is 343 g/mol. The monoisotopic (exact) mass is 343 g/mol. The number of benzene rings is 1. The van der Waals surface area contributed by atoms with Crippen LogP contribution in [0.4, 0.5) is 5.69 Å². The summed E-state index contributed by atoms with van der Waals surface area (Å²) in [4.78, 5) is 33.7. The summed E-state index contributed by atoms with van der Waals surface area (Å²) >= 11 is 0. The van der Waals surface area contributed by atoms with Crippen molar-refractivity contribution in [3.63, 3.8) is 0 Å². The number of hydrogen-bond donors (Lipinski definition) is 1. The normalized spacial score (nSPS) is 11.0. The lowest BCUT2D eigenvalue weighted by Gasteiger charge is -2.21. The minimum atomic E-state index is -0.398. The largest absolute Gasteiger partial charge is 0.492 e. The van der Waals surface area contributed by atoms with E-state index in [-0.39, 0.29) is 5.56 Å². The fourth-order valence-corrected chi connectivity index (χ4v) is 2.81. The standard InChI is InChI=1S/C17H21N5O3/c1-5-25-12-9-7-6-8-11(12)20(2)10-13-18-14-15(19-13)21(3)17(24)22(4)16(14)23/h6-9H,5,10H2,1-4H3,(H,18,19). The molecule has 0 amide bonds. The summed E-state index contributed by atoms with van der Waals surface area (Å²) in [6.07, 6.45) is 0. The third-order valence-electron chi connectivity index (χ3n) is 4.11. The van der Waals surface area contributed by atoms with Gasteiger partial charge >= 0.3 is 5.69 Å². The molecule has 8 nitrogen and oxygen atoms in total. The zero-order valence-corrected chi connectivity index (χ0v) is 14.7. The minimum Gasteiger partial charge on any atom is -0.492 e. The topological polar surface area (TPSA) is 85.2 Å². The molecule has 132 valence electrons. The molecule has 0 spiro atoms. The van der Waals surface area contributed by atoms with Crippen LogP contribution in [-0.2, 0) is 20.6 Å². The first-order valence-electron chi connectivity index (χ1n) is 8.01. The highest BCUT2D eigenvalue weighted by molar-refractivity contribution is 5.70. The number of fused-ring (bicyclic) bond motifs is 1. The van der Waals surface area contributed by atoms with Gasteiger partial charge in [0, 0.05) is 21.1 Å². The Bertz CT molecular complexity index is 1030. The third kappa shape index (κ3) is 2.90. The van der Waals surface area contributed by atoms with Gasteiger partial charge in [0.2, 0.25) is 0 Å². The van der Waals surface area contributed by atoms with Crippen LogP contribution < -0.4 is 20.9 Å². The number of H-pyrrole nitrogens is 1. The second-order valence-corrected chi connectivity index (χ2v) is 5.84. The van der Waals surface area contributed by atoms with Crippen molar-refractivity contribution >= 4 is 16.9 Å². The minimum absolute atomic E-state index is 0.325. The molecule has 0 unspecified atom stereocenters. The Labute approximate surface area is 144 Å². The maximum Gasteiger partial charge on any atom is 0.332 e. The van der Waals surface area contributed by atoms with Crippen molar-refractivity contribution in [1.82, 2.24) is 19.1 Å². The van der Waals surface area contributed by atoms with Crippen LogP contribution in [0.15, 0.2) is 33.9 Å². The number of nitrogens with zero attached hydrogens (tertiary/aromatic N) is 4. The van der Waals surface area contributed by atoms with Crippen LogP contribution in [0.3, 0.4) is 0 Å². The Morgan fingerprint density at radius 2 is 1.92 bits per heavy atom. The molecular formula is C17H21N5O3. The molecule has 0 saturated carbocycles. The first-order valence-corrected chi connectivity index (χ1v) is 8.01. The van der Waals surface area contributed by atoms with Gasteiger partial charge in [0.15, 0.2) is 5.65 Å². The van der Waals surface area contributed by atoms with Crippen LogP contribution in [0.5, 0.6) is 5.75 Å². The van der Waals surface area contributed by atoms with E-state index in [1.807, 2.05) is 43.1 Å². The predicted molar refractivity (Wildman–Crippen MR) is 96.3 cm³/mol. The van der Waals surface area contributed by atoms with Crippen molar-refractivity contribution in [3.8, 4) is 5.75 Å². The van der Waals surface area contributed by atoms with E-state index in [2.05, 4.69) is 9.97 Å². The van der Waals surface area contributed by atoms with E-state index in [0.29, 0.717) is 30.1 Å². The quantitative estimate of drug-likeness (QED) is 0.747. The van der Waals surface area contributed by atoms with Crippen LogP contribution in [0.1, 0.15) is 12.7 Å². The Morgan fingerprint density at radius 1 is 1.20 bits per heavy atom. The summed E-state index contributed by atoms with van der Waals surface area (Å²) in [5.41, 5.74) is 0.826. The lowest BCUT2D eigenvalue weighted by Crippen LogP contribution is -2.36. The molecule has 25 heavy (non-hydrogen) atoms. The lowest BCUT2D eigenvalue weighted by atomic mass is 10.2. The van der Waals surface area contributed by atoms with Gasteiger partial charge in [0.1, 0.15) is 17.1 Å². The molecule has 0 atom stereocenters. The van der Waals surface area contributed by atoms with Crippen molar-refractivity contribution in [2.75, 3.05) is 18.6 Å². The molecule has 0 saturated heterocycles. The number of rotatable bonds is 5. The van der Waals surface area contributed by atoms with Gasteiger partial charge in [-0.1, -0.05) is 12.1 Å². The van der Waals surface area contributed by atoms with E-state index in [4.69, 9.17) is 4.74 Å². The highest BCUT2D eigenvalue weighted by Gasteiger charge is 2.15. The Balaban J connectivity index is 1.99. The summed E-state index contributed by atoms with van der Waals surface area (Å²) in [7, 11) is 4.97. The number of aromatic nitrogens is 4. The number of imidazole rings is 1. The lowest BCUT2D eigenvalue weighted by molar-refractivity contribution is 0.340. The van der Waals surface area contributed by atoms with Crippen molar-refractivity contribution in [2.24, 2.45) is 14.1 Å². The molecular weight excluding hydrogens is 322 g/mol. The third-order valence-corrected chi connectivity index (χ3v) is 4.11. The number of hydrogen-bond acceptors (Lipinski definition) is 5. The molecule has 3 aromatic rings. The Kier molecular flexibility index (Phi) is 4.35. The second kappa shape index (κ2) is 6.46. The number of para-hydroxylation sites is 2. The van der Waals surface area contributed by atoms with Crippen molar-refractivity contribution < 1.29 is 4.74 Å². The zero-order chi connectivity index (χ0) is 18.1. The second-order valence-electron chi connectivity index (χ2n) is 5.84. The van der Waals surface area contributed by atoms with Crippen molar-refractivity contribution in [2.45, 2.75) is 13.5 Å². The molecule has 0 bridgehead atoms. The number of nitrogens with one attached hydrogen (secondary N) is 1. The number of aryl methyl sites for hydroxylation is 1. The van der Waals surface area contributed by atoms with E-state index < -0.39 is 5.69 Å². The SMILES string of the molecule is CCOc1ccccc1N(C)Cc1nc2c([nH]1)c(=O)n(C)c(=O)n2C. The average Bonchev–Trinajstić information content (AvgIpc) is 3.03. The molecule has 0 aliphatic rings. The molecule has 1 N–H and O–H groups in total. The molecule has 2 heterocycles. The highest BCUT2D eigenvalue weighted by atomic mass is 16.5. The summed E-state index contributed by atoms with van der Waals surface area (Å²) in [5.74, 6) is 1.38. The first-order chi connectivity index (χ1) is 11.9. The van der Waals surface area contributed by atoms with Crippen LogP contribution in [0.2, 0.25) is 0 Å². The molecule has 0 aliphatic carbocycles. The maximum absolute atomic E-state index is 12.3. The van der Waals surface area contributed by atoms with Crippen molar-refractivity contribution in [1.29, 1.82) is 0 Å². The van der Waals surface area contributed by atoms with Crippen LogP contribution in [0, 0.1) is 0 Å². The van der Waals surface area contributed by atoms with Gasteiger partial charge in [-0.3, -0.25) is 13.9 Å². The van der Waals surface area contributed by atoms with E-state index in [9.17, 15) is 9.59 Å². The van der Waals surface area contributed by atoms with Crippen LogP contribution in [0.25, 0.3) is 11.2 Å². The van der Waals surface area contributed by atoms with Gasteiger partial charge in [0.05, 0.1) is 18.8 Å². The molecule has 0 fully saturated rings. The molecule has 0 aliphatic heterocycles. The van der Waals surface area contributed by atoms with Crippen molar-refractivity contribution in [3.05, 3.63) is 50.9 Å². The number of aromatic amines is 1. The summed E-state index contributed by atoms with van der Waals surface area (Å²) in [6, 6.07) is 7.73. The first kappa shape index (κ1) is 16.8. The highest BCUT2D eigenvalue weighted by Crippen LogP contribution is 2.27. The summed E-state index contributed by atoms with van der Waals surface area (Å²) in [6.45, 7) is 2.95. The van der Waals surface area contributed by atoms with Crippen LogP contribution in [-0.4, -0.2) is 32.8 Å². The maximum atomic E-state index is 12.3. The fourth-order valence-electron chi connectivity index (χ4n) is 2.81. The molecule has 8 heteroatoms. The van der Waals surface area contributed by atoms with Crippen LogP contribution >= 0.6 is 0 Å². The smallest absolute Gasteiger partial charge is 0.332 e. The Hall–Kier alpha value is -3.03. The summed E-state index contributed by atoms with van der Waals surface area (Å²) in [5, 5.41) is 0. The van der Waals surface area contributed by atoms with E-state index in [1.54, 1.807) is 7.05 Å². The summed E-state index contributed by atoms with van der Waals surface area (Å²) < 4.78 is 8.09. The van der Waals surface area contributed by atoms with E-state index >= 15 is 0 Å². The van der Waals surface area contributed by atoms with E-state index in [1.165, 1.54) is 11.6 Å². The molecule has 3 rings (SSSR count). The van der Waals surface area contributed by atoms with Gasteiger partial charge in [0.25, 0.3) is 5.56 Å². The number of anilines is 1. The molecule has 0 radical (unpaired) electrons. The number of ether oxygens (including phenoxy) is 1. The van der Waals surface area contributed by atoms with Gasteiger partial charge in [-0.25, -0.2) is 9.78 Å². The molecule has 1 aromatic carbocycles. The predicted octanol–water partition coefficient (Wildman–Crippen LogP) is 0.995. The fraction of sp³-hybridized carbons (Fsp3) is 0.353. The molecule has 2 aromatic heterocycles.